The van der Waals surface area contributed by atoms with Gasteiger partial charge in [-0.1, -0.05) is 35.5 Å². The van der Waals surface area contributed by atoms with E-state index in [9.17, 15) is 4.79 Å². The summed E-state index contributed by atoms with van der Waals surface area (Å²) in [5, 5.41) is 6.84. The number of carbonyl (C=O) groups is 1. The number of aryl methyl sites for hydroxylation is 1. The van der Waals surface area contributed by atoms with Gasteiger partial charge in [0.15, 0.2) is 5.82 Å². The molecule has 1 amide bonds. The number of aromatic nitrogens is 2. The molecule has 0 fully saturated rings. The Balaban J connectivity index is 1.73. The molecule has 1 aliphatic rings. The first-order valence-electron chi connectivity index (χ1n) is 7.55. The van der Waals surface area contributed by atoms with Crippen LogP contribution in [0.3, 0.4) is 0 Å². The third-order valence-electron chi connectivity index (χ3n) is 3.83. The van der Waals surface area contributed by atoms with Crippen molar-refractivity contribution in [2.75, 3.05) is 5.32 Å². The number of carbonyl (C=O) groups excluding carboxylic acids is 1. The summed E-state index contributed by atoms with van der Waals surface area (Å²) in [6.45, 7) is 1.79. The zero-order valence-corrected chi connectivity index (χ0v) is 12.6. The summed E-state index contributed by atoms with van der Waals surface area (Å²) in [7, 11) is 0. The Morgan fingerprint density at radius 2 is 2.23 bits per heavy atom. The van der Waals surface area contributed by atoms with Crippen LogP contribution in [0.25, 0.3) is 0 Å². The minimum Gasteiger partial charge on any atom is -0.339 e. The first-order chi connectivity index (χ1) is 10.7. The molecule has 1 aromatic heterocycles. The molecule has 1 N–H and O–H groups in total. The van der Waals surface area contributed by atoms with Crippen LogP contribution in [0.4, 0.5) is 5.69 Å². The quantitative estimate of drug-likeness (QED) is 0.879. The Morgan fingerprint density at radius 3 is 2.95 bits per heavy atom. The minimum absolute atomic E-state index is 0.0590. The van der Waals surface area contributed by atoms with Crippen LogP contribution in [0.2, 0.25) is 0 Å². The molecule has 1 aromatic carbocycles. The van der Waals surface area contributed by atoms with Crippen molar-refractivity contribution < 1.29 is 9.32 Å². The van der Waals surface area contributed by atoms with Crippen molar-refractivity contribution in [1.82, 2.24) is 10.1 Å². The van der Waals surface area contributed by atoms with Gasteiger partial charge in [0.2, 0.25) is 11.8 Å². The van der Waals surface area contributed by atoms with E-state index in [0.29, 0.717) is 18.1 Å². The summed E-state index contributed by atoms with van der Waals surface area (Å²) < 4.78 is 5.16. The maximum absolute atomic E-state index is 12.4. The van der Waals surface area contributed by atoms with E-state index in [1.807, 2.05) is 24.3 Å². The largest absolute Gasteiger partial charge is 0.339 e. The number of hydrogen-bond donors (Lipinski definition) is 1. The zero-order valence-electron chi connectivity index (χ0n) is 12.6. The van der Waals surface area contributed by atoms with E-state index in [2.05, 4.69) is 27.6 Å². The number of rotatable bonds is 4. The molecule has 5 heteroatoms. The Bertz CT molecular complexity index is 691. The predicted octanol–water partition coefficient (Wildman–Crippen LogP) is 3.26. The number of nitrogens with one attached hydrogen (secondary N) is 1. The molecule has 22 heavy (non-hydrogen) atoms. The summed E-state index contributed by atoms with van der Waals surface area (Å²) in [4.78, 5) is 16.6. The van der Waals surface area contributed by atoms with Crippen molar-refractivity contribution in [3.05, 3.63) is 53.7 Å². The van der Waals surface area contributed by atoms with E-state index in [1.165, 1.54) is 0 Å². The van der Waals surface area contributed by atoms with Gasteiger partial charge in [-0.05, 0) is 37.8 Å². The molecule has 1 atom stereocenters. The van der Waals surface area contributed by atoms with Gasteiger partial charge in [-0.15, -0.1) is 0 Å². The molecule has 0 unspecified atom stereocenters. The van der Waals surface area contributed by atoms with Crippen LogP contribution in [-0.4, -0.2) is 16.0 Å². The highest BCUT2D eigenvalue weighted by molar-refractivity contribution is 5.93. The SMILES string of the molecule is Cc1noc(Cc2ccccc2NC(=O)[C@@H]2CC=CCC2)n1. The molecule has 5 nitrogen and oxygen atoms in total. The van der Waals surface area contributed by atoms with Crippen LogP contribution < -0.4 is 5.32 Å². The van der Waals surface area contributed by atoms with Crippen molar-refractivity contribution in [2.24, 2.45) is 5.92 Å². The smallest absolute Gasteiger partial charge is 0.231 e. The number of benzene rings is 1. The lowest BCUT2D eigenvalue weighted by molar-refractivity contribution is -0.120. The number of allylic oxidation sites excluding steroid dienone is 2. The molecule has 0 saturated heterocycles. The number of nitrogens with zero attached hydrogens (tertiary/aromatic N) is 2. The summed E-state index contributed by atoms with van der Waals surface area (Å²) in [5.41, 5.74) is 1.80. The average molecular weight is 297 g/mol. The highest BCUT2D eigenvalue weighted by Gasteiger charge is 2.19. The molecule has 114 valence electrons. The van der Waals surface area contributed by atoms with Crippen LogP contribution in [0, 0.1) is 12.8 Å². The second kappa shape index (κ2) is 6.56. The second-order valence-electron chi connectivity index (χ2n) is 5.54. The second-order valence-corrected chi connectivity index (χ2v) is 5.54. The predicted molar refractivity (Wildman–Crippen MR) is 83.4 cm³/mol. The number of para-hydroxylation sites is 1. The maximum atomic E-state index is 12.4. The molecule has 2 aromatic rings. The van der Waals surface area contributed by atoms with Gasteiger partial charge in [-0.3, -0.25) is 4.79 Å². The average Bonchev–Trinajstić information content (AvgIpc) is 2.95. The van der Waals surface area contributed by atoms with Crippen LogP contribution in [-0.2, 0) is 11.2 Å². The fourth-order valence-corrected chi connectivity index (χ4v) is 2.64. The van der Waals surface area contributed by atoms with E-state index in [1.54, 1.807) is 6.92 Å². The fraction of sp³-hybridized carbons (Fsp3) is 0.353. The molecule has 0 bridgehead atoms. The molecule has 1 heterocycles. The van der Waals surface area contributed by atoms with Crippen molar-refractivity contribution in [1.29, 1.82) is 0 Å². The Labute approximate surface area is 129 Å². The minimum atomic E-state index is 0.0590. The summed E-state index contributed by atoms with van der Waals surface area (Å²) >= 11 is 0. The fourth-order valence-electron chi connectivity index (χ4n) is 2.64. The van der Waals surface area contributed by atoms with Crippen LogP contribution in [0.5, 0.6) is 0 Å². The summed E-state index contributed by atoms with van der Waals surface area (Å²) in [5.74, 6) is 1.31. The number of amides is 1. The van der Waals surface area contributed by atoms with Crippen LogP contribution in [0.15, 0.2) is 40.9 Å². The van der Waals surface area contributed by atoms with E-state index in [4.69, 9.17) is 4.52 Å². The van der Waals surface area contributed by atoms with E-state index < -0.39 is 0 Å². The van der Waals surface area contributed by atoms with E-state index >= 15 is 0 Å². The monoisotopic (exact) mass is 297 g/mol. The molecular weight excluding hydrogens is 278 g/mol. The third-order valence-corrected chi connectivity index (χ3v) is 3.83. The normalized spacial score (nSPS) is 17.4. The van der Waals surface area contributed by atoms with Gasteiger partial charge >= 0.3 is 0 Å². The summed E-state index contributed by atoms with van der Waals surface area (Å²) in [6.07, 6.45) is 7.43. The van der Waals surface area contributed by atoms with Gasteiger partial charge in [0.25, 0.3) is 0 Å². The molecule has 3 rings (SSSR count). The zero-order chi connectivity index (χ0) is 15.4. The van der Waals surface area contributed by atoms with Gasteiger partial charge < -0.3 is 9.84 Å². The lowest BCUT2D eigenvalue weighted by atomic mass is 9.93. The topological polar surface area (TPSA) is 68.0 Å². The summed E-state index contributed by atoms with van der Waals surface area (Å²) in [6, 6.07) is 7.74. The Morgan fingerprint density at radius 1 is 1.36 bits per heavy atom. The lowest BCUT2D eigenvalue weighted by Gasteiger charge is -2.18. The standard InChI is InChI=1S/C17H19N3O2/c1-12-18-16(22-20-12)11-14-9-5-6-10-15(14)19-17(21)13-7-3-2-4-8-13/h2-3,5-6,9-10,13H,4,7-8,11H2,1H3,(H,19,21)/t13-/m1/s1. The number of anilines is 1. The molecule has 0 spiro atoms. The highest BCUT2D eigenvalue weighted by Crippen LogP contribution is 2.23. The third kappa shape index (κ3) is 3.42. The maximum Gasteiger partial charge on any atom is 0.231 e. The van der Waals surface area contributed by atoms with E-state index in [0.717, 1.165) is 30.5 Å². The van der Waals surface area contributed by atoms with Crippen molar-refractivity contribution in [3.63, 3.8) is 0 Å². The first-order valence-corrected chi connectivity index (χ1v) is 7.55. The van der Waals surface area contributed by atoms with Gasteiger partial charge in [0, 0.05) is 11.6 Å². The van der Waals surface area contributed by atoms with Crippen molar-refractivity contribution in [3.8, 4) is 0 Å². The lowest BCUT2D eigenvalue weighted by Crippen LogP contribution is -2.24. The highest BCUT2D eigenvalue weighted by atomic mass is 16.5. The van der Waals surface area contributed by atoms with E-state index in [-0.39, 0.29) is 11.8 Å². The van der Waals surface area contributed by atoms with Gasteiger partial charge in [0.05, 0.1) is 6.42 Å². The molecular formula is C17H19N3O2. The molecule has 0 aliphatic heterocycles. The van der Waals surface area contributed by atoms with Crippen molar-refractivity contribution in [2.45, 2.75) is 32.6 Å². The van der Waals surface area contributed by atoms with Crippen LogP contribution >= 0.6 is 0 Å². The first kappa shape index (κ1) is 14.5. The Kier molecular flexibility index (Phi) is 4.32. The van der Waals surface area contributed by atoms with Gasteiger partial charge in [-0.2, -0.15) is 4.98 Å². The Hall–Kier alpha value is -2.43. The molecule has 1 aliphatic carbocycles. The molecule has 0 radical (unpaired) electrons. The number of hydrogen-bond acceptors (Lipinski definition) is 4. The molecule has 0 saturated carbocycles. The van der Waals surface area contributed by atoms with Crippen LogP contribution in [0.1, 0.15) is 36.5 Å². The van der Waals surface area contributed by atoms with Gasteiger partial charge in [0.1, 0.15) is 0 Å². The van der Waals surface area contributed by atoms with Gasteiger partial charge in [-0.25, -0.2) is 0 Å². The van der Waals surface area contributed by atoms with Crippen molar-refractivity contribution >= 4 is 11.6 Å².